The molecule has 1 atom stereocenters. The van der Waals surface area contributed by atoms with E-state index in [4.69, 9.17) is 0 Å². The van der Waals surface area contributed by atoms with E-state index in [1.165, 1.54) is 15.7 Å². The summed E-state index contributed by atoms with van der Waals surface area (Å²) in [5, 5.41) is 2.45. The van der Waals surface area contributed by atoms with Crippen LogP contribution in [0.5, 0.6) is 0 Å². The van der Waals surface area contributed by atoms with Crippen LogP contribution in [0.4, 0.5) is 0 Å². The minimum atomic E-state index is -3.51. The van der Waals surface area contributed by atoms with Crippen molar-refractivity contribution in [3.05, 3.63) is 0 Å². The molecular formula is C11H23N3O3S. The molecule has 106 valence electrons. The molecule has 0 aliphatic carbocycles. The highest BCUT2D eigenvalue weighted by Crippen LogP contribution is 2.20. The lowest BCUT2D eigenvalue weighted by atomic mass is 10.0. The Labute approximate surface area is 110 Å². The Bertz CT molecular complexity index is 383. The maximum absolute atomic E-state index is 12.4. The summed E-state index contributed by atoms with van der Waals surface area (Å²) in [5.74, 6) is 0.0951. The van der Waals surface area contributed by atoms with E-state index in [-0.39, 0.29) is 12.5 Å². The highest BCUT2D eigenvalue weighted by Gasteiger charge is 2.32. The van der Waals surface area contributed by atoms with E-state index < -0.39 is 10.2 Å². The molecule has 0 saturated carbocycles. The number of likely N-dealkylation sites (N-methyl/N-ethyl adjacent to an activating group) is 2. The van der Waals surface area contributed by atoms with E-state index in [0.29, 0.717) is 25.6 Å². The molecule has 7 heteroatoms. The molecule has 0 spiro atoms. The van der Waals surface area contributed by atoms with Gasteiger partial charge in [-0.2, -0.15) is 17.0 Å². The molecule has 1 N–H and O–H groups in total. The Balaban J connectivity index is 2.78. The molecule has 18 heavy (non-hydrogen) atoms. The quantitative estimate of drug-likeness (QED) is 0.771. The molecule has 1 aliphatic heterocycles. The van der Waals surface area contributed by atoms with Gasteiger partial charge in [-0.1, -0.05) is 13.8 Å². The molecule has 1 heterocycles. The molecule has 0 aromatic heterocycles. The number of carbonyl (C=O) groups excluding carboxylic acids is 1. The standard InChI is InChI=1S/C11H23N3O3S/c1-4-13(9-11(15)12-3)18(16,17)14-7-5-6-10(2)8-14/h10H,4-9H2,1-3H3,(H,12,15). The van der Waals surface area contributed by atoms with Crippen LogP contribution < -0.4 is 5.32 Å². The largest absolute Gasteiger partial charge is 0.358 e. The summed E-state index contributed by atoms with van der Waals surface area (Å²) in [6.07, 6.45) is 1.95. The van der Waals surface area contributed by atoms with E-state index in [2.05, 4.69) is 12.2 Å². The van der Waals surface area contributed by atoms with Gasteiger partial charge in [0, 0.05) is 26.7 Å². The molecule has 1 fully saturated rings. The number of nitrogens with zero attached hydrogens (tertiary/aromatic N) is 2. The third-order valence-corrected chi connectivity index (χ3v) is 5.25. The number of carbonyl (C=O) groups is 1. The van der Waals surface area contributed by atoms with Gasteiger partial charge in [0.2, 0.25) is 5.91 Å². The molecule has 0 radical (unpaired) electrons. The molecule has 1 amide bonds. The zero-order chi connectivity index (χ0) is 13.8. The summed E-state index contributed by atoms with van der Waals surface area (Å²) in [7, 11) is -2.00. The summed E-state index contributed by atoms with van der Waals surface area (Å²) >= 11 is 0. The van der Waals surface area contributed by atoms with Gasteiger partial charge in [0.15, 0.2) is 0 Å². The molecule has 0 bridgehead atoms. The van der Waals surface area contributed by atoms with Crippen LogP contribution in [0.25, 0.3) is 0 Å². The maximum atomic E-state index is 12.4. The minimum absolute atomic E-state index is 0.111. The zero-order valence-electron chi connectivity index (χ0n) is 11.3. The third-order valence-electron chi connectivity index (χ3n) is 3.22. The Morgan fingerprint density at radius 3 is 2.67 bits per heavy atom. The van der Waals surface area contributed by atoms with Crippen LogP contribution in [0.1, 0.15) is 26.7 Å². The predicted molar refractivity (Wildman–Crippen MR) is 70.2 cm³/mol. The molecule has 1 unspecified atom stereocenters. The lowest BCUT2D eigenvalue weighted by Crippen LogP contribution is -2.50. The van der Waals surface area contributed by atoms with Crippen LogP contribution in [0.2, 0.25) is 0 Å². The summed E-state index contributed by atoms with van der Waals surface area (Å²) in [5.41, 5.74) is 0. The number of hydrogen-bond donors (Lipinski definition) is 1. The summed E-state index contributed by atoms with van der Waals surface area (Å²) in [6.45, 7) is 5.09. The predicted octanol–water partition coefficient (Wildman–Crippen LogP) is 0.0310. The molecule has 0 aromatic carbocycles. The molecular weight excluding hydrogens is 254 g/mol. The number of amides is 1. The summed E-state index contributed by atoms with van der Waals surface area (Å²) < 4.78 is 27.5. The van der Waals surface area contributed by atoms with E-state index in [1.54, 1.807) is 6.92 Å². The van der Waals surface area contributed by atoms with E-state index in [0.717, 1.165) is 12.8 Å². The first kappa shape index (κ1) is 15.4. The SMILES string of the molecule is CCN(CC(=O)NC)S(=O)(=O)N1CCCC(C)C1. The van der Waals surface area contributed by atoms with Crippen LogP contribution in [0, 0.1) is 5.92 Å². The van der Waals surface area contributed by atoms with Crippen molar-refractivity contribution in [2.45, 2.75) is 26.7 Å². The van der Waals surface area contributed by atoms with Crippen LogP contribution in [-0.2, 0) is 15.0 Å². The second kappa shape index (κ2) is 6.49. The van der Waals surface area contributed by atoms with Gasteiger partial charge in [0.05, 0.1) is 6.54 Å². The fourth-order valence-electron chi connectivity index (χ4n) is 2.11. The van der Waals surface area contributed by atoms with E-state index in [1.807, 2.05) is 0 Å². The van der Waals surface area contributed by atoms with Crippen molar-refractivity contribution in [2.75, 3.05) is 33.2 Å². The highest BCUT2D eigenvalue weighted by molar-refractivity contribution is 7.86. The molecule has 6 nitrogen and oxygen atoms in total. The fourth-order valence-corrected chi connectivity index (χ4v) is 3.85. The second-order valence-corrected chi connectivity index (χ2v) is 6.64. The first-order valence-electron chi connectivity index (χ1n) is 6.37. The van der Waals surface area contributed by atoms with Crippen LogP contribution in [-0.4, -0.2) is 56.2 Å². The molecule has 1 rings (SSSR count). The average Bonchev–Trinajstić information content (AvgIpc) is 2.35. The van der Waals surface area contributed by atoms with Crippen LogP contribution in [0.15, 0.2) is 0 Å². The Morgan fingerprint density at radius 1 is 1.50 bits per heavy atom. The van der Waals surface area contributed by atoms with E-state index >= 15 is 0 Å². The molecule has 1 aliphatic rings. The number of nitrogens with one attached hydrogen (secondary N) is 1. The summed E-state index contributed by atoms with van der Waals surface area (Å²) in [4.78, 5) is 11.3. The first-order valence-corrected chi connectivity index (χ1v) is 7.77. The Hall–Kier alpha value is -0.660. The third kappa shape index (κ3) is 3.66. The molecule has 0 aromatic rings. The average molecular weight is 277 g/mol. The van der Waals surface area contributed by atoms with Crippen molar-refractivity contribution in [1.29, 1.82) is 0 Å². The van der Waals surface area contributed by atoms with Crippen molar-refractivity contribution in [1.82, 2.24) is 13.9 Å². The van der Waals surface area contributed by atoms with Crippen LogP contribution in [0.3, 0.4) is 0 Å². The van der Waals surface area contributed by atoms with Gasteiger partial charge in [-0.25, -0.2) is 0 Å². The van der Waals surface area contributed by atoms with Crippen molar-refractivity contribution in [2.24, 2.45) is 5.92 Å². The van der Waals surface area contributed by atoms with Gasteiger partial charge >= 0.3 is 0 Å². The summed E-state index contributed by atoms with van der Waals surface area (Å²) in [6, 6.07) is 0. The normalized spacial score (nSPS) is 22.1. The van der Waals surface area contributed by atoms with Gasteiger partial charge < -0.3 is 5.32 Å². The number of hydrogen-bond acceptors (Lipinski definition) is 3. The monoisotopic (exact) mass is 277 g/mol. The fraction of sp³-hybridized carbons (Fsp3) is 0.909. The lowest BCUT2D eigenvalue weighted by Gasteiger charge is -2.33. The highest BCUT2D eigenvalue weighted by atomic mass is 32.2. The van der Waals surface area contributed by atoms with Gasteiger partial charge in [-0.3, -0.25) is 4.79 Å². The number of rotatable bonds is 5. The van der Waals surface area contributed by atoms with Gasteiger partial charge in [-0.05, 0) is 18.8 Å². The van der Waals surface area contributed by atoms with Crippen molar-refractivity contribution < 1.29 is 13.2 Å². The first-order chi connectivity index (χ1) is 8.41. The van der Waals surface area contributed by atoms with Crippen molar-refractivity contribution in [3.8, 4) is 0 Å². The van der Waals surface area contributed by atoms with Crippen LogP contribution >= 0.6 is 0 Å². The lowest BCUT2D eigenvalue weighted by molar-refractivity contribution is -0.120. The second-order valence-electron chi connectivity index (χ2n) is 4.71. The van der Waals surface area contributed by atoms with Gasteiger partial charge in [-0.15, -0.1) is 0 Å². The Kier molecular flexibility index (Phi) is 5.55. The topological polar surface area (TPSA) is 69.7 Å². The maximum Gasteiger partial charge on any atom is 0.282 e. The molecule has 1 saturated heterocycles. The number of piperidine rings is 1. The van der Waals surface area contributed by atoms with Gasteiger partial charge in [0.25, 0.3) is 10.2 Å². The van der Waals surface area contributed by atoms with E-state index in [9.17, 15) is 13.2 Å². The van der Waals surface area contributed by atoms with Crippen molar-refractivity contribution >= 4 is 16.1 Å². The Morgan fingerprint density at radius 2 is 2.17 bits per heavy atom. The van der Waals surface area contributed by atoms with Gasteiger partial charge in [0.1, 0.15) is 0 Å². The smallest absolute Gasteiger partial charge is 0.282 e. The van der Waals surface area contributed by atoms with Crippen molar-refractivity contribution in [3.63, 3.8) is 0 Å². The minimum Gasteiger partial charge on any atom is -0.358 e. The zero-order valence-corrected chi connectivity index (χ0v) is 12.2.